The van der Waals surface area contributed by atoms with E-state index in [1.54, 1.807) is 0 Å². The molecule has 1 aliphatic rings. The lowest BCUT2D eigenvalue weighted by Crippen LogP contribution is -2.51. The van der Waals surface area contributed by atoms with Crippen LogP contribution in [-0.4, -0.2) is 36.7 Å². The molecule has 0 bridgehead atoms. The van der Waals surface area contributed by atoms with Gasteiger partial charge in [0.2, 0.25) is 0 Å². The summed E-state index contributed by atoms with van der Waals surface area (Å²) in [6, 6.07) is 6.23. The second kappa shape index (κ2) is 5.19. The lowest BCUT2D eigenvalue weighted by atomic mass is 9.96. The molecule has 0 amide bonds. The Hall–Kier alpha value is -0.580. The predicted molar refractivity (Wildman–Crippen MR) is 78.0 cm³/mol. The monoisotopic (exact) mass is 312 g/mol. The Balaban J connectivity index is 2.01. The Labute approximate surface area is 117 Å². The smallest absolute Gasteiger partial charge is 0.134 e. The van der Waals surface area contributed by atoms with Gasteiger partial charge < -0.3 is 10.5 Å². The first-order valence-corrected chi connectivity index (χ1v) is 7.05. The maximum Gasteiger partial charge on any atom is 0.134 e. The van der Waals surface area contributed by atoms with Gasteiger partial charge in [-0.05, 0) is 60.9 Å². The number of hydrogen-bond donors (Lipinski definition) is 1. The van der Waals surface area contributed by atoms with Crippen molar-refractivity contribution in [1.82, 2.24) is 4.90 Å². The van der Waals surface area contributed by atoms with Crippen LogP contribution in [-0.2, 0) is 6.42 Å². The summed E-state index contributed by atoms with van der Waals surface area (Å²) in [6.07, 6.45) is 1.18. The molecule has 4 heteroatoms. The maximum atomic E-state index is 6.03. The molecule has 0 atom stereocenters. The number of benzene rings is 1. The minimum absolute atomic E-state index is 0.182. The van der Waals surface area contributed by atoms with E-state index in [4.69, 9.17) is 10.5 Å². The van der Waals surface area contributed by atoms with E-state index in [-0.39, 0.29) is 5.54 Å². The molecular formula is C14H21BrN2O. The maximum absolute atomic E-state index is 6.03. The number of halogens is 1. The standard InChI is InChI=1S/C14H21BrN2O/c1-14(2,16)7-10-4-5-13(12(15)6-10)18-11-8-17(3)9-11/h4-6,11H,7-9,16H2,1-3H3. The number of nitrogens with zero attached hydrogens (tertiary/aromatic N) is 1. The van der Waals surface area contributed by atoms with Crippen LogP contribution in [0.25, 0.3) is 0 Å². The van der Waals surface area contributed by atoms with Gasteiger partial charge in [0.25, 0.3) is 0 Å². The minimum Gasteiger partial charge on any atom is -0.487 e. The van der Waals surface area contributed by atoms with Crippen molar-refractivity contribution < 1.29 is 4.74 Å². The highest BCUT2D eigenvalue weighted by atomic mass is 79.9. The Morgan fingerprint density at radius 1 is 1.44 bits per heavy atom. The van der Waals surface area contributed by atoms with E-state index in [0.29, 0.717) is 6.10 Å². The molecule has 1 aliphatic heterocycles. The Bertz CT molecular complexity index is 422. The van der Waals surface area contributed by atoms with Crippen molar-refractivity contribution in [1.29, 1.82) is 0 Å². The second-order valence-corrected chi connectivity index (χ2v) is 6.75. The number of hydrogen-bond acceptors (Lipinski definition) is 3. The zero-order valence-electron chi connectivity index (χ0n) is 11.2. The van der Waals surface area contributed by atoms with Gasteiger partial charge in [-0.25, -0.2) is 0 Å². The van der Waals surface area contributed by atoms with Gasteiger partial charge in [0.05, 0.1) is 4.47 Å². The number of rotatable bonds is 4. The Morgan fingerprint density at radius 2 is 2.11 bits per heavy atom. The number of likely N-dealkylation sites (N-methyl/N-ethyl adjacent to an activating group) is 1. The SMILES string of the molecule is CN1CC(Oc2ccc(CC(C)(C)N)cc2Br)C1. The summed E-state index contributed by atoms with van der Waals surface area (Å²) < 4.78 is 6.93. The topological polar surface area (TPSA) is 38.5 Å². The molecule has 1 aromatic carbocycles. The van der Waals surface area contributed by atoms with Gasteiger partial charge in [0.15, 0.2) is 0 Å². The van der Waals surface area contributed by atoms with E-state index in [1.165, 1.54) is 5.56 Å². The highest BCUT2D eigenvalue weighted by Crippen LogP contribution is 2.29. The summed E-state index contributed by atoms with van der Waals surface area (Å²) in [5.74, 6) is 0.923. The molecule has 100 valence electrons. The van der Waals surface area contributed by atoms with Crippen molar-refractivity contribution >= 4 is 15.9 Å². The van der Waals surface area contributed by atoms with E-state index >= 15 is 0 Å². The van der Waals surface area contributed by atoms with E-state index in [2.05, 4.69) is 40.0 Å². The third-order valence-electron chi connectivity index (χ3n) is 2.98. The molecule has 0 radical (unpaired) electrons. The van der Waals surface area contributed by atoms with Gasteiger partial charge in [-0.15, -0.1) is 0 Å². The van der Waals surface area contributed by atoms with Crippen molar-refractivity contribution in [2.75, 3.05) is 20.1 Å². The first-order valence-electron chi connectivity index (χ1n) is 6.26. The zero-order chi connectivity index (χ0) is 13.3. The Morgan fingerprint density at radius 3 is 2.61 bits per heavy atom. The van der Waals surface area contributed by atoms with Gasteiger partial charge in [-0.3, -0.25) is 4.90 Å². The second-order valence-electron chi connectivity index (χ2n) is 5.89. The van der Waals surface area contributed by atoms with Crippen LogP contribution in [0.4, 0.5) is 0 Å². The normalized spacial score (nSPS) is 17.6. The molecule has 1 fully saturated rings. The van der Waals surface area contributed by atoms with E-state index in [1.807, 2.05) is 19.9 Å². The average Bonchev–Trinajstić information content (AvgIpc) is 2.17. The van der Waals surface area contributed by atoms with Gasteiger partial charge in [-0.2, -0.15) is 0 Å². The number of ether oxygens (including phenoxy) is 1. The fourth-order valence-electron chi connectivity index (χ4n) is 2.17. The molecule has 1 saturated heterocycles. The summed E-state index contributed by atoms with van der Waals surface area (Å²) in [7, 11) is 2.10. The van der Waals surface area contributed by atoms with Gasteiger partial charge in [-0.1, -0.05) is 6.07 Å². The van der Waals surface area contributed by atoms with Crippen molar-refractivity contribution in [3.05, 3.63) is 28.2 Å². The van der Waals surface area contributed by atoms with E-state index in [0.717, 1.165) is 29.7 Å². The summed E-state index contributed by atoms with van der Waals surface area (Å²) >= 11 is 3.57. The van der Waals surface area contributed by atoms with Crippen LogP contribution in [0.1, 0.15) is 19.4 Å². The first kappa shape index (κ1) is 13.8. The predicted octanol–water partition coefficient (Wildman–Crippen LogP) is 2.42. The summed E-state index contributed by atoms with van der Waals surface area (Å²) in [4.78, 5) is 2.24. The fourth-order valence-corrected chi connectivity index (χ4v) is 2.69. The molecule has 0 aliphatic carbocycles. The molecule has 0 saturated carbocycles. The first-order chi connectivity index (χ1) is 8.33. The summed E-state index contributed by atoms with van der Waals surface area (Å²) in [6.45, 7) is 6.08. The number of likely N-dealkylation sites (tertiary alicyclic amines) is 1. The van der Waals surface area contributed by atoms with Crippen LogP contribution in [0.2, 0.25) is 0 Å². The molecule has 18 heavy (non-hydrogen) atoms. The molecule has 0 spiro atoms. The molecule has 1 heterocycles. The third-order valence-corrected chi connectivity index (χ3v) is 3.60. The summed E-state index contributed by atoms with van der Waals surface area (Å²) in [5, 5.41) is 0. The van der Waals surface area contributed by atoms with E-state index < -0.39 is 0 Å². The van der Waals surface area contributed by atoms with Crippen LogP contribution in [0, 0.1) is 0 Å². The van der Waals surface area contributed by atoms with Crippen molar-refractivity contribution in [3.8, 4) is 5.75 Å². The highest BCUT2D eigenvalue weighted by Gasteiger charge is 2.25. The fraction of sp³-hybridized carbons (Fsp3) is 0.571. The van der Waals surface area contributed by atoms with E-state index in [9.17, 15) is 0 Å². The quantitative estimate of drug-likeness (QED) is 0.928. The average molecular weight is 313 g/mol. The Kier molecular flexibility index (Phi) is 3.99. The lowest BCUT2D eigenvalue weighted by Gasteiger charge is -2.36. The molecule has 2 N–H and O–H groups in total. The van der Waals surface area contributed by atoms with Crippen LogP contribution in [0.5, 0.6) is 5.75 Å². The zero-order valence-corrected chi connectivity index (χ0v) is 12.8. The lowest BCUT2D eigenvalue weighted by molar-refractivity contribution is 0.0383. The minimum atomic E-state index is -0.182. The third kappa shape index (κ3) is 3.70. The van der Waals surface area contributed by atoms with Crippen LogP contribution in [0.3, 0.4) is 0 Å². The van der Waals surface area contributed by atoms with Gasteiger partial charge >= 0.3 is 0 Å². The van der Waals surface area contributed by atoms with Crippen molar-refractivity contribution in [3.63, 3.8) is 0 Å². The molecule has 2 rings (SSSR count). The molecule has 3 nitrogen and oxygen atoms in total. The molecule has 0 unspecified atom stereocenters. The van der Waals surface area contributed by atoms with Crippen molar-refractivity contribution in [2.45, 2.75) is 31.9 Å². The van der Waals surface area contributed by atoms with Crippen LogP contribution >= 0.6 is 15.9 Å². The van der Waals surface area contributed by atoms with Crippen molar-refractivity contribution in [2.24, 2.45) is 5.73 Å². The number of nitrogens with two attached hydrogens (primary N) is 1. The molecule has 0 aromatic heterocycles. The molecular weight excluding hydrogens is 292 g/mol. The molecule has 1 aromatic rings. The summed E-state index contributed by atoms with van der Waals surface area (Å²) in [5.41, 5.74) is 7.08. The highest BCUT2D eigenvalue weighted by molar-refractivity contribution is 9.10. The largest absolute Gasteiger partial charge is 0.487 e. The van der Waals surface area contributed by atoms with Crippen LogP contribution < -0.4 is 10.5 Å². The van der Waals surface area contributed by atoms with Gasteiger partial charge in [0.1, 0.15) is 11.9 Å². The van der Waals surface area contributed by atoms with Crippen LogP contribution in [0.15, 0.2) is 22.7 Å². The van der Waals surface area contributed by atoms with Gasteiger partial charge in [0, 0.05) is 18.6 Å².